The quantitative estimate of drug-likeness (QED) is 0.730. The van der Waals surface area contributed by atoms with Crippen molar-refractivity contribution in [3.05, 3.63) is 24.2 Å². The van der Waals surface area contributed by atoms with Gasteiger partial charge in [0.25, 0.3) is 0 Å². The minimum atomic E-state index is -4.20. The van der Waals surface area contributed by atoms with Crippen molar-refractivity contribution in [1.29, 1.82) is 0 Å². The summed E-state index contributed by atoms with van der Waals surface area (Å²) in [6.45, 7) is 1.53. The van der Waals surface area contributed by atoms with Crippen molar-refractivity contribution in [1.82, 2.24) is 15.5 Å². The van der Waals surface area contributed by atoms with Crippen LogP contribution in [0.5, 0.6) is 0 Å². The topological polar surface area (TPSA) is 77.7 Å². The molecule has 2 amide bonds. The maximum absolute atomic E-state index is 12.3. The first-order valence-electron chi connectivity index (χ1n) is 7.73. The zero-order valence-corrected chi connectivity index (χ0v) is 13.4. The summed E-state index contributed by atoms with van der Waals surface area (Å²) < 4.78 is 42.1. The highest BCUT2D eigenvalue weighted by atomic mass is 19.4. The van der Waals surface area contributed by atoms with Gasteiger partial charge in [0.2, 0.25) is 0 Å². The monoisotopic (exact) mass is 349 g/mol. The number of halogens is 3. The Balaban J connectivity index is 1.67. The SMILES string of the molecule is CC(O)(CNC(=O)NCC1CCN(CC(F)(F)F)C1)c1ccco1. The zero-order valence-electron chi connectivity index (χ0n) is 13.4. The average Bonchev–Trinajstić information content (AvgIpc) is 3.13. The molecule has 3 N–H and O–H groups in total. The molecule has 0 aliphatic carbocycles. The van der Waals surface area contributed by atoms with Gasteiger partial charge in [0.05, 0.1) is 19.4 Å². The number of carbonyl (C=O) groups excluding carboxylic acids is 1. The predicted molar refractivity (Wildman–Crippen MR) is 80.3 cm³/mol. The summed E-state index contributed by atoms with van der Waals surface area (Å²) in [4.78, 5) is 13.1. The van der Waals surface area contributed by atoms with E-state index in [2.05, 4.69) is 10.6 Å². The number of likely N-dealkylation sites (tertiary alicyclic amines) is 1. The van der Waals surface area contributed by atoms with Gasteiger partial charge >= 0.3 is 12.2 Å². The van der Waals surface area contributed by atoms with Crippen molar-refractivity contribution < 1.29 is 27.5 Å². The second-order valence-corrected chi connectivity index (χ2v) is 6.32. The predicted octanol–water partition coefficient (Wildman–Crippen LogP) is 1.67. The lowest BCUT2D eigenvalue weighted by Crippen LogP contribution is -2.44. The van der Waals surface area contributed by atoms with Crippen molar-refractivity contribution in [2.75, 3.05) is 32.7 Å². The fourth-order valence-electron chi connectivity index (χ4n) is 2.70. The lowest BCUT2D eigenvalue weighted by Gasteiger charge is -2.21. The average molecular weight is 349 g/mol. The highest BCUT2D eigenvalue weighted by Crippen LogP contribution is 2.22. The van der Waals surface area contributed by atoms with E-state index < -0.39 is 24.4 Å². The summed E-state index contributed by atoms with van der Waals surface area (Å²) in [6.07, 6.45) is -2.16. The Bertz CT molecular complexity index is 532. The van der Waals surface area contributed by atoms with Crippen molar-refractivity contribution >= 4 is 6.03 Å². The molecule has 1 aliphatic rings. The van der Waals surface area contributed by atoms with E-state index in [-0.39, 0.29) is 12.5 Å². The number of amides is 2. The Kier molecular flexibility index (Phi) is 5.76. The van der Waals surface area contributed by atoms with Gasteiger partial charge < -0.3 is 20.2 Å². The van der Waals surface area contributed by atoms with Crippen LogP contribution in [0.15, 0.2) is 22.8 Å². The van der Waals surface area contributed by atoms with Crippen LogP contribution in [0.1, 0.15) is 19.1 Å². The molecule has 0 spiro atoms. The second-order valence-electron chi connectivity index (χ2n) is 6.32. The van der Waals surface area contributed by atoms with E-state index in [4.69, 9.17) is 4.42 Å². The number of carbonyl (C=O) groups is 1. The summed E-state index contributed by atoms with van der Waals surface area (Å²) in [5, 5.41) is 15.4. The van der Waals surface area contributed by atoms with E-state index in [1.807, 2.05) is 0 Å². The Morgan fingerprint density at radius 1 is 1.46 bits per heavy atom. The van der Waals surface area contributed by atoms with Gasteiger partial charge in [-0.2, -0.15) is 13.2 Å². The summed E-state index contributed by atoms with van der Waals surface area (Å²) in [6, 6.07) is 2.76. The molecule has 2 atom stereocenters. The summed E-state index contributed by atoms with van der Waals surface area (Å²) in [5.41, 5.74) is -1.34. The first-order chi connectivity index (χ1) is 11.2. The molecule has 2 heterocycles. The molecule has 0 bridgehead atoms. The van der Waals surface area contributed by atoms with Crippen LogP contribution in [0.25, 0.3) is 0 Å². The van der Waals surface area contributed by atoms with Crippen molar-refractivity contribution in [2.45, 2.75) is 25.1 Å². The van der Waals surface area contributed by atoms with Gasteiger partial charge in [0, 0.05) is 13.1 Å². The van der Waals surface area contributed by atoms with Crippen LogP contribution in [-0.2, 0) is 5.60 Å². The van der Waals surface area contributed by atoms with E-state index in [0.717, 1.165) is 0 Å². The molecule has 9 heteroatoms. The van der Waals surface area contributed by atoms with Gasteiger partial charge in [-0.3, -0.25) is 4.90 Å². The molecular weight excluding hydrogens is 327 g/mol. The molecule has 24 heavy (non-hydrogen) atoms. The second kappa shape index (κ2) is 7.43. The molecule has 0 aromatic carbocycles. The van der Waals surface area contributed by atoms with Crippen molar-refractivity contribution in [3.63, 3.8) is 0 Å². The molecule has 1 aromatic rings. The van der Waals surface area contributed by atoms with Crippen LogP contribution in [0, 0.1) is 5.92 Å². The number of aliphatic hydroxyl groups is 1. The molecule has 136 valence electrons. The standard InChI is InChI=1S/C15H22F3N3O3/c1-14(23,12-3-2-6-24-12)9-20-13(22)19-7-11-4-5-21(8-11)10-15(16,17)18/h2-3,6,11,23H,4-5,7-10H2,1H3,(H2,19,20,22). The van der Waals surface area contributed by atoms with Crippen LogP contribution in [0.2, 0.25) is 0 Å². The molecular formula is C15H22F3N3O3. The minimum absolute atomic E-state index is 0.0105. The fourth-order valence-corrected chi connectivity index (χ4v) is 2.70. The van der Waals surface area contributed by atoms with Gasteiger partial charge in [-0.05, 0) is 37.9 Å². The molecule has 6 nitrogen and oxygen atoms in total. The van der Waals surface area contributed by atoms with Crippen LogP contribution < -0.4 is 10.6 Å². The molecule has 2 rings (SSSR count). The number of rotatable bonds is 6. The fraction of sp³-hybridized carbons (Fsp3) is 0.667. The van der Waals surface area contributed by atoms with Crippen LogP contribution >= 0.6 is 0 Å². The van der Waals surface area contributed by atoms with Gasteiger partial charge in [-0.15, -0.1) is 0 Å². The van der Waals surface area contributed by atoms with E-state index in [1.54, 1.807) is 12.1 Å². The zero-order chi connectivity index (χ0) is 17.8. The number of alkyl halides is 3. The molecule has 1 aliphatic heterocycles. The van der Waals surface area contributed by atoms with Gasteiger partial charge in [0.15, 0.2) is 0 Å². The molecule has 1 fully saturated rings. The Labute approximate surface area is 138 Å². The maximum Gasteiger partial charge on any atom is 0.401 e. The third-order valence-electron chi connectivity index (χ3n) is 3.97. The molecule has 0 saturated carbocycles. The van der Waals surface area contributed by atoms with Crippen molar-refractivity contribution in [3.8, 4) is 0 Å². The van der Waals surface area contributed by atoms with Gasteiger partial charge in [0.1, 0.15) is 11.4 Å². The first-order valence-corrected chi connectivity index (χ1v) is 7.73. The minimum Gasteiger partial charge on any atom is -0.466 e. The van der Waals surface area contributed by atoms with E-state index >= 15 is 0 Å². The van der Waals surface area contributed by atoms with E-state index in [1.165, 1.54) is 18.1 Å². The Morgan fingerprint density at radius 3 is 2.83 bits per heavy atom. The normalized spacial score (nSPS) is 21.5. The lowest BCUT2D eigenvalue weighted by molar-refractivity contribution is -0.143. The Hall–Kier alpha value is -1.74. The highest BCUT2D eigenvalue weighted by Gasteiger charge is 2.34. The smallest absolute Gasteiger partial charge is 0.401 e. The van der Waals surface area contributed by atoms with E-state index in [9.17, 15) is 23.1 Å². The van der Waals surface area contributed by atoms with Crippen LogP contribution in [-0.4, -0.2) is 54.9 Å². The lowest BCUT2D eigenvalue weighted by atomic mass is 10.0. The first kappa shape index (κ1) is 18.6. The summed E-state index contributed by atoms with van der Waals surface area (Å²) >= 11 is 0. The third-order valence-corrected chi connectivity index (χ3v) is 3.97. The largest absolute Gasteiger partial charge is 0.466 e. The summed E-state index contributed by atoms with van der Waals surface area (Å²) in [7, 11) is 0. The summed E-state index contributed by atoms with van der Waals surface area (Å²) in [5.74, 6) is 0.324. The third kappa shape index (κ3) is 5.72. The van der Waals surface area contributed by atoms with Crippen LogP contribution in [0.4, 0.5) is 18.0 Å². The van der Waals surface area contributed by atoms with Gasteiger partial charge in [-0.25, -0.2) is 4.79 Å². The molecule has 1 aromatic heterocycles. The Morgan fingerprint density at radius 2 is 2.21 bits per heavy atom. The number of furan rings is 1. The molecule has 1 saturated heterocycles. The number of nitrogens with zero attached hydrogens (tertiary/aromatic N) is 1. The van der Waals surface area contributed by atoms with Gasteiger partial charge in [-0.1, -0.05) is 0 Å². The molecule has 2 unspecified atom stereocenters. The van der Waals surface area contributed by atoms with Crippen LogP contribution in [0.3, 0.4) is 0 Å². The van der Waals surface area contributed by atoms with Crippen molar-refractivity contribution in [2.24, 2.45) is 5.92 Å². The van der Waals surface area contributed by atoms with E-state index in [0.29, 0.717) is 31.8 Å². The highest BCUT2D eigenvalue weighted by molar-refractivity contribution is 5.73. The number of urea groups is 1. The molecule has 0 radical (unpaired) electrons. The number of nitrogens with one attached hydrogen (secondary N) is 2. The maximum atomic E-state index is 12.3. The number of hydrogen-bond donors (Lipinski definition) is 3. The number of hydrogen-bond acceptors (Lipinski definition) is 4.